The van der Waals surface area contributed by atoms with Crippen molar-refractivity contribution in [2.75, 3.05) is 0 Å². The van der Waals surface area contributed by atoms with E-state index in [1.165, 1.54) is 30.3 Å². The molecule has 0 spiro atoms. The molecule has 1 unspecified atom stereocenters. The fourth-order valence-corrected chi connectivity index (χ4v) is 5.88. The predicted octanol–water partition coefficient (Wildman–Crippen LogP) is 4.51. The summed E-state index contributed by atoms with van der Waals surface area (Å²) < 4.78 is 44.9. The molecule has 1 aromatic heterocycles. The number of nitrogens with zero attached hydrogens (tertiary/aromatic N) is 1. The van der Waals surface area contributed by atoms with Crippen molar-refractivity contribution in [2.45, 2.75) is 24.3 Å². The normalized spacial score (nSPS) is 13.9. The minimum Gasteiger partial charge on any atom is -0.347 e. The Hall–Kier alpha value is -3.88. The Kier molecular flexibility index (Phi) is 5.94. The van der Waals surface area contributed by atoms with Crippen LogP contribution in [0.1, 0.15) is 54.7 Å². The molecule has 6 nitrogen and oxygen atoms in total. The van der Waals surface area contributed by atoms with Crippen molar-refractivity contribution in [1.82, 2.24) is 9.29 Å². The fraction of sp³-hybridized carbons (Fsp3) is 0.143. The van der Waals surface area contributed by atoms with Gasteiger partial charge < -0.3 is 4.57 Å². The van der Waals surface area contributed by atoms with E-state index in [9.17, 15) is 22.4 Å². The van der Waals surface area contributed by atoms with E-state index in [2.05, 4.69) is 4.72 Å². The lowest BCUT2D eigenvalue weighted by atomic mass is 9.85. The average Bonchev–Trinajstić information content (AvgIpc) is 3.18. The summed E-state index contributed by atoms with van der Waals surface area (Å²) in [6.45, 7) is 1.86. The van der Waals surface area contributed by atoms with Gasteiger partial charge >= 0.3 is 0 Å². The van der Waals surface area contributed by atoms with Crippen molar-refractivity contribution < 1.29 is 22.4 Å². The molecule has 0 fully saturated rings. The number of fused-ring (bicyclic) bond motifs is 2. The fourth-order valence-electron chi connectivity index (χ4n) is 4.66. The second kappa shape index (κ2) is 8.96. The van der Waals surface area contributed by atoms with Crippen LogP contribution in [0.15, 0.2) is 83.9 Å². The Labute approximate surface area is 208 Å². The molecule has 36 heavy (non-hydrogen) atoms. The average molecular weight is 503 g/mol. The Bertz CT molecular complexity index is 1620. The van der Waals surface area contributed by atoms with Crippen molar-refractivity contribution in [3.63, 3.8) is 0 Å². The zero-order valence-electron chi connectivity index (χ0n) is 19.7. The van der Waals surface area contributed by atoms with Crippen LogP contribution in [0.5, 0.6) is 0 Å². The Morgan fingerprint density at radius 3 is 2.25 bits per heavy atom. The smallest absolute Gasteiger partial charge is 0.241 e. The maximum atomic E-state index is 14.1. The van der Waals surface area contributed by atoms with Gasteiger partial charge in [-0.15, -0.1) is 0 Å². The van der Waals surface area contributed by atoms with Gasteiger partial charge in [0.2, 0.25) is 15.8 Å². The molecule has 8 heteroatoms. The number of aryl methyl sites for hydroxylation is 2. The molecule has 0 amide bonds. The van der Waals surface area contributed by atoms with E-state index in [1.807, 2.05) is 6.92 Å². The lowest BCUT2D eigenvalue weighted by Gasteiger charge is -2.21. The Balaban J connectivity index is 1.58. The van der Waals surface area contributed by atoms with Gasteiger partial charge in [0.1, 0.15) is 11.5 Å². The third-order valence-electron chi connectivity index (χ3n) is 6.42. The molecule has 0 radical (unpaired) electrons. The van der Waals surface area contributed by atoms with Crippen LogP contribution < -0.4 is 4.72 Å². The van der Waals surface area contributed by atoms with Crippen LogP contribution >= 0.6 is 0 Å². The zero-order chi connectivity index (χ0) is 25.6. The molecule has 5 rings (SSSR count). The first kappa shape index (κ1) is 23.8. The predicted molar refractivity (Wildman–Crippen MR) is 133 cm³/mol. The van der Waals surface area contributed by atoms with Crippen LogP contribution in [-0.4, -0.2) is 24.6 Å². The number of nitrogens with one attached hydrogen (secondary N) is 1. The van der Waals surface area contributed by atoms with E-state index in [1.54, 1.807) is 60.3 Å². The highest BCUT2D eigenvalue weighted by Gasteiger charge is 2.35. The van der Waals surface area contributed by atoms with Crippen molar-refractivity contribution in [1.29, 1.82) is 0 Å². The number of carbonyl (C=O) groups is 2. The lowest BCUT2D eigenvalue weighted by Crippen LogP contribution is -2.31. The molecule has 0 aliphatic heterocycles. The third kappa shape index (κ3) is 4.19. The van der Waals surface area contributed by atoms with E-state index < -0.39 is 21.9 Å². The highest BCUT2D eigenvalue weighted by atomic mass is 32.2. The molecule has 0 saturated carbocycles. The number of halogens is 1. The van der Waals surface area contributed by atoms with Gasteiger partial charge in [-0.3, -0.25) is 9.59 Å². The van der Waals surface area contributed by atoms with Crippen LogP contribution in [0.25, 0.3) is 0 Å². The number of rotatable bonds is 6. The van der Waals surface area contributed by atoms with E-state index in [0.29, 0.717) is 22.3 Å². The molecule has 182 valence electrons. The number of hydrogen-bond donors (Lipinski definition) is 1. The van der Waals surface area contributed by atoms with Crippen molar-refractivity contribution in [3.05, 3.63) is 124 Å². The summed E-state index contributed by atoms with van der Waals surface area (Å²) in [5.41, 5.74) is 2.97. The molecular formula is C28H23FN2O4S. The van der Waals surface area contributed by atoms with Crippen LogP contribution in [-0.2, 0) is 23.5 Å². The molecule has 1 heterocycles. The van der Waals surface area contributed by atoms with E-state index in [-0.39, 0.29) is 34.1 Å². The second-order valence-electron chi connectivity index (χ2n) is 8.94. The summed E-state index contributed by atoms with van der Waals surface area (Å²) >= 11 is 0. The minimum atomic E-state index is -3.98. The van der Waals surface area contributed by atoms with E-state index in [0.717, 1.165) is 5.56 Å². The largest absolute Gasteiger partial charge is 0.347 e. The van der Waals surface area contributed by atoms with Crippen molar-refractivity contribution in [2.24, 2.45) is 7.05 Å². The van der Waals surface area contributed by atoms with Crippen molar-refractivity contribution >= 4 is 21.6 Å². The maximum absolute atomic E-state index is 14.1. The summed E-state index contributed by atoms with van der Waals surface area (Å²) in [4.78, 5) is 26.7. The first-order chi connectivity index (χ1) is 17.2. The van der Waals surface area contributed by atoms with Gasteiger partial charge in [-0.05, 0) is 48.7 Å². The summed E-state index contributed by atoms with van der Waals surface area (Å²) in [5, 5.41) is 0. The highest BCUT2D eigenvalue weighted by Crippen LogP contribution is 2.33. The first-order valence-electron chi connectivity index (χ1n) is 11.4. The van der Waals surface area contributed by atoms with Crippen LogP contribution in [0.2, 0.25) is 0 Å². The van der Waals surface area contributed by atoms with E-state index >= 15 is 0 Å². The van der Waals surface area contributed by atoms with Crippen molar-refractivity contribution in [3.8, 4) is 0 Å². The van der Waals surface area contributed by atoms with Gasteiger partial charge in [0, 0.05) is 24.4 Å². The van der Waals surface area contributed by atoms with Crippen LogP contribution in [0, 0.1) is 12.7 Å². The topological polar surface area (TPSA) is 85.2 Å². The van der Waals surface area contributed by atoms with Gasteiger partial charge in [-0.25, -0.2) is 17.5 Å². The number of ketones is 2. The maximum Gasteiger partial charge on any atom is 0.241 e. The van der Waals surface area contributed by atoms with Crippen LogP contribution in [0.3, 0.4) is 0 Å². The molecular weight excluding hydrogens is 479 g/mol. The molecule has 0 saturated heterocycles. The molecule has 1 aliphatic rings. The Morgan fingerprint density at radius 2 is 1.58 bits per heavy atom. The standard InChI is InChI=1S/C28H23FN2O4S/c1-17-10-12-21(13-11-17)36(34,35)30-24(18-6-5-7-20(29)14-18)15-19-16-31(2)26-25(19)27(32)22-8-3-4-9-23(22)28(26)33/h3-14,16,24,30H,15H2,1-2H3. The zero-order valence-corrected chi connectivity index (χ0v) is 20.5. The molecule has 1 N–H and O–H groups in total. The van der Waals surface area contributed by atoms with Gasteiger partial charge in [0.05, 0.1) is 16.5 Å². The minimum absolute atomic E-state index is 0.0406. The summed E-state index contributed by atoms with van der Waals surface area (Å²) in [7, 11) is -2.30. The van der Waals surface area contributed by atoms with Gasteiger partial charge in [0.15, 0.2) is 5.78 Å². The Morgan fingerprint density at radius 1 is 0.917 bits per heavy atom. The molecule has 4 aromatic rings. The number of aromatic nitrogens is 1. The van der Waals surface area contributed by atoms with Gasteiger partial charge in [0.25, 0.3) is 0 Å². The van der Waals surface area contributed by atoms with Gasteiger partial charge in [-0.2, -0.15) is 0 Å². The SMILES string of the molecule is Cc1ccc(S(=O)(=O)NC(Cc2cn(C)c3c2C(=O)c2ccccc2C3=O)c2cccc(F)c2)cc1. The number of carbonyl (C=O) groups excluding carboxylic acids is 2. The summed E-state index contributed by atoms with van der Waals surface area (Å²) in [6.07, 6.45) is 1.71. The number of sulfonamides is 1. The summed E-state index contributed by atoms with van der Waals surface area (Å²) in [5.74, 6) is -1.08. The lowest BCUT2D eigenvalue weighted by molar-refractivity contribution is 0.0973. The summed E-state index contributed by atoms with van der Waals surface area (Å²) in [6, 6.07) is 17.8. The van der Waals surface area contributed by atoms with Crippen LogP contribution in [0.4, 0.5) is 4.39 Å². The molecule has 0 bridgehead atoms. The van der Waals surface area contributed by atoms with Gasteiger partial charge in [-0.1, -0.05) is 54.1 Å². The first-order valence-corrected chi connectivity index (χ1v) is 12.8. The second-order valence-corrected chi connectivity index (χ2v) is 10.7. The molecule has 1 atom stereocenters. The molecule has 3 aromatic carbocycles. The third-order valence-corrected chi connectivity index (χ3v) is 7.91. The quantitative estimate of drug-likeness (QED) is 0.370. The highest BCUT2D eigenvalue weighted by molar-refractivity contribution is 7.89. The monoisotopic (exact) mass is 502 g/mol. The van der Waals surface area contributed by atoms with E-state index in [4.69, 9.17) is 0 Å². The number of benzene rings is 3. The number of hydrogen-bond acceptors (Lipinski definition) is 4. The molecule has 1 aliphatic carbocycles.